The lowest BCUT2D eigenvalue weighted by Crippen LogP contribution is -2.31. The zero-order chi connectivity index (χ0) is 11.9. The number of amides is 1. The third-order valence-corrected chi connectivity index (χ3v) is 4.38. The summed E-state index contributed by atoms with van der Waals surface area (Å²) >= 11 is 0. The van der Waals surface area contributed by atoms with E-state index in [9.17, 15) is 9.90 Å². The van der Waals surface area contributed by atoms with Gasteiger partial charge in [0, 0.05) is 12.5 Å². The van der Waals surface area contributed by atoms with Gasteiger partial charge in [-0.05, 0) is 30.5 Å². The van der Waals surface area contributed by atoms with Crippen LogP contribution in [0.2, 0.25) is 0 Å². The van der Waals surface area contributed by atoms with Gasteiger partial charge in [-0.15, -0.1) is 0 Å². The molecule has 90 valence electrons. The van der Waals surface area contributed by atoms with Crippen LogP contribution in [0, 0.1) is 5.41 Å². The van der Waals surface area contributed by atoms with Crippen molar-refractivity contribution in [1.82, 2.24) is 5.32 Å². The number of nitrogens with one attached hydrogen (secondary N) is 1. The Labute approximate surface area is 101 Å². The van der Waals surface area contributed by atoms with Gasteiger partial charge in [0.15, 0.2) is 0 Å². The molecule has 0 radical (unpaired) electrons. The van der Waals surface area contributed by atoms with Crippen molar-refractivity contribution < 1.29 is 9.90 Å². The normalized spacial score (nSPS) is 26.4. The standard InChI is InChI=1S/C14H17NO2/c16-11-5-3-10(4-6-11)12-9-15-13(17)14(12)7-1-2-8-14/h3-6,12,16H,1-2,7-9H2,(H,15,17). The molecule has 1 spiro atoms. The third kappa shape index (κ3) is 1.53. The average Bonchev–Trinajstić information content (AvgIpc) is 2.92. The summed E-state index contributed by atoms with van der Waals surface area (Å²) < 4.78 is 0. The molecule has 1 aliphatic heterocycles. The number of phenolic OH excluding ortho intramolecular Hbond substituents is 1. The lowest BCUT2D eigenvalue weighted by molar-refractivity contribution is -0.127. The van der Waals surface area contributed by atoms with E-state index in [2.05, 4.69) is 5.32 Å². The Kier molecular flexibility index (Phi) is 2.35. The van der Waals surface area contributed by atoms with Crippen LogP contribution in [-0.4, -0.2) is 17.6 Å². The highest BCUT2D eigenvalue weighted by Crippen LogP contribution is 2.51. The predicted octanol–water partition coefficient (Wildman–Crippen LogP) is 2.17. The van der Waals surface area contributed by atoms with Crippen molar-refractivity contribution in [1.29, 1.82) is 0 Å². The molecule has 1 atom stereocenters. The van der Waals surface area contributed by atoms with Crippen molar-refractivity contribution in [3.05, 3.63) is 29.8 Å². The molecule has 17 heavy (non-hydrogen) atoms. The molecule has 1 aliphatic carbocycles. The number of benzene rings is 1. The smallest absolute Gasteiger partial charge is 0.226 e. The monoisotopic (exact) mass is 231 g/mol. The fourth-order valence-corrected chi connectivity index (χ4v) is 3.45. The summed E-state index contributed by atoms with van der Waals surface area (Å²) in [7, 11) is 0. The van der Waals surface area contributed by atoms with Crippen LogP contribution in [0.1, 0.15) is 37.2 Å². The molecule has 1 amide bonds. The van der Waals surface area contributed by atoms with Gasteiger partial charge in [0.1, 0.15) is 5.75 Å². The summed E-state index contributed by atoms with van der Waals surface area (Å²) in [6, 6.07) is 7.31. The van der Waals surface area contributed by atoms with Crippen LogP contribution in [0.25, 0.3) is 0 Å². The molecule has 0 bridgehead atoms. The predicted molar refractivity (Wildman–Crippen MR) is 64.8 cm³/mol. The second-order valence-electron chi connectivity index (χ2n) is 5.22. The van der Waals surface area contributed by atoms with Gasteiger partial charge >= 0.3 is 0 Å². The summed E-state index contributed by atoms with van der Waals surface area (Å²) in [5.74, 6) is 0.790. The van der Waals surface area contributed by atoms with Crippen LogP contribution in [0.15, 0.2) is 24.3 Å². The van der Waals surface area contributed by atoms with E-state index in [1.54, 1.807) is 12.1 Å². The summed E-state index contributed by atoms with van der Waals surface area (Å²) in [5.41, 5.74) is 1.000. The molecular weight excluding hydrogens is 214 g/mol. The molecule has 2 N–H and O–H groups in total. The molecule has 1 unspecified atom stereocenters. The third-order valence-electron chi connectivity index (χ3n) is 4.38. The minimum atomic E-state index is -0.170. The van der Waals surface area contributed by atoms with Crippen molar-refractivity contribution in [2.75, 3.05) is 6.54 Å². The topological polar surface area (TPSA) is 49.3 Å². The lowest BCUT2D eigenvalue weighted by atomic mass is 9.73. The maximum Gasteiger partial charge on any atom is 0.226 e. The second-order valence-corrected chi connectivity index (χ2v) is 5.22. The van der Waals surface area contributed by atoms with E-state index >= 15 is 0 Å². The van der Waals surface area contributed by atoms with Crippen LogP contribution in [0.5, 0.6) is 5.75 Å². The van der Waals surface area contributed by atoms with E-state index in [4.69, 9.17) is 0 Å². The first-order chi connectivity index (χ1) is 8.22. The quantitative estimate of drug-likeness (QED) is 0.778. The van der Waals surface area contributed by atoms with Gasteiger partial charge in [0.25, 0.3) is 0 Å². The van der Waals surface area contributed by atoms with Gasteiger partial charge in [0.05, 0.1) is 5.41 Å². The van der Waals surface area contributed by atoms with E-state index in [0.717, 1.165) is 32.2 Å². The maximum atomic E-state index is 12.1. The zero-order valence-corrected chi connectivity index (χ0v) is 9.78. The molecule has 3 rings (SSSR count). The van der Waals surface area contributed by atoms with E-state index in [-0.39, 0.29) is 23.0 Å². The molecule has 1 aromatic carbocycles. The number of phenols is 1. The van der Waals surface area contributed by atoms with Crippen LogP contribution >= 0.6 is 0 Å². The van der Waals surface area contributed by atoms with Crippen LogP contribution in [0.4, 0.5) is 0 Å². The van der Waals surface area contributed by atoms with Gasteiger partial charge in [-0.3, -0.25) is 4.79 Å². The molecular formula is C14H17NO2. The highest BCUT2D eigenvalue weighted by Gasteiger charge is 2.51. The fourth-order valence-electron chi connectivity index (χ4n) is 3.45. The van der Waals surface area contributed by atoms with Crippen molar-refractivity contribution >= 4 is 5.91 Å². The molecule has 0 aromatic heterocycles. The Hall–Kier alpha value is -1.51. The molecule has 1 saturated heterocycles. The van der Waals surface area contributed by atoms with Gasteiger partial charge < -0.3 is 10.4 Å². The highest BCUT2D eigenvalue weighted by atomic mass is 16.3. The number of hydrogen-bond donors (Lipinski definition) is 2. The van der Waals surface area contributed by atoms with Crippen molar-refractivity contribution in [2.24, 2.45) is 5.41 Å². The van der Waals surface area contributed by atoms with Crippen molar-refractivity contribution in [2.45, 2.75) is 31.6 Å². The highest BCUT2D eigenvalue weighted by molar-refractivity contribution is 5.86. The van der Waals surface area contributed by atoms with Crippen molar-refractivity contribution in [3.63, 3.8) is 0 Å². The van der Waals surface area contributed by atoms with Crippen LogP contribution < -0.4 is 5.32 Å². The van der Waals surface area contributed by atoms with E-state index in [1.165, 1.54) is 5.56 Å². The second kappa shape index (κ2) is 3.76. The Morgan fingerprint density at radius 1 is 1.18 bits per heavy atom. The molecule has 3 heteroatoms. The summed E-state index contributed by atoms with van der Waals surface area (Å²) in [5, 5.41) is 12.3. The van der Waals surface area contributed by atoms with Gasteiger partial charge in [-0.25, -0.2) is 0 Å². The maximum absolute atomic E-state index is 12.1. The number of aromatic hydroxyl groups is 1. The first kappa shape index (κ1) is 10.6. The van der Waals surface area contributed by atoms with Gasteiger partial charge in [-0.2, -0.15) is 0 Å². The fraction of sp³-hybridized carbons (Fsp3) is 0.500. The van der Waals surface area contributed by atoms with Crippen LogP contribution in [-0.2, 0) is 4.79 Å². The molecule has 1 saturated carbocycles. The first-order valence-corrected chi connectivity index (χ1v) is 6.30. The van der Waals surface area contributed by atoms with Crippen LogP contribution in [0.3, 0.4) is 0 Å². The average molecular weight is 231 g/mol. The minimum absolute atomic E-state index is 0.170. The van der Waals surface area contributed by atoms with E-state index in [0.29, 0.717) is 0 Å². The van der Waals surface area contributed by atoms with E-state index < -0.39 is 0 Å². The summed E-state index contributed by atoms with van der Waals surface area (Å²) in [4.78, 5) is 12.1. The number of carbonyl (C=O) groups is 1. The summed E-state index contributed by atoms with van der Waals surface area (Å²) in [6.07, 6.45) is 4.32. The number of carbonyl (C=O) groups excluding carboxylic acids is 1. The largest absolute Gasteiger partial charge is 0.508 e. The number of hydrogen-bond acceptors (Lipinski definition) is 2. The summed E-state index contributed by atoms with van der Waals surface area (Å²) in [6.45, 7) is 0.740. The Morgan fingerprint density at radius 3 is 2.47 bits per heavy atom. The first-order valence-electron chi connectivity index (χ1n) is 6.30. The van der Waals surface area contributed by atoms with Crippen molar-refractivity contribution in [3.8, 4) is 5.75 Å². The minimum Gasteiger partial charge on any atom is -0.508 e. The van der Waals surface area contributed by atoms with Gasteiger partial charge in [-0.1, -0.05) is 25.0 Å². The van der Waals surface area contributed by atoms with E-state index in [1.807, 2.05) is 12.1 Å². The SMILES string of the molecule is O=C1NCC(c2ccc(O)cc2)C12CCCC2. The molecule has 2 aliphatic rings. The number of rotatable bonds is 1. The molecule has 3 nitrogen and oxygen atoms in total. The molecule has 1 heterocycles. The Bertz CT molecular complexity index is 432. The Balaban J connectivity index is 1.97. The Morgan fingerprint density at radius 2 is 1.82 bits per heavy atom. The molecule has 1 aromatic rings. The lowest BCUT2D eigenvalue weighted by Gasteiger charge is -2.27. The van der Waals surface area contributed by atoms with Gasteiger partial charge in [0.2, 0.25) is 5.91 Å². The molecule has 2 fully saturated rings. The zero-order valence-electron chi connectivity index (χ0n) is 9.78.